The van der Waals surface area contributed by atoms with E-state index in [0.717, 1.165) is 37.5 Å². The van der Waals surface area contributed by atoms with Gasteiger partial charge >= 0.3 is 6.18 Å². The predicted molar refractivity (Wildman–Crippen MR) is 124 cm³/mol. The van der Waals surface area contributed by atoms with Crippen LogP contribution in [-0.4, -0.2) is 41.9 Å². The molecule has 0 amide bonds. The van der Waals surface area contributed by atoms with Crippen molar-refractivity contribution in [2.45, 2.75) is 32.0 Å². The van der Waals surface area contributed by atoms with E-state index in [4.69, 9.17) is 9.47 Å². The van der Waals surface area contributed by atoms with E-state index in [9.17, 15) is 18.0 Å². The number of rotatable bonds is 8. The zero-order chi connectivity index (χ0) is 24.0. The highest BCUT2D eigenvalue weighted by Gasteiger charge is 2.31. The summed E-state index contributed by atoms with van der Waals surface area (Å²) in [5, 5.41) is 0. The summed E-state index contributed by atoms with van der Waals surface area (Å²) in [6, 6.07) is 10.6. The molecule has 1 aliphatic heterocycles. The van der Waals surface area contributed by atoms with Crippen molar-refractivity contribution in [1.29, 1.82) is 0 Å². The Bertz CT molecular complexity index is 1130. The van der Waals surface area contributed by atoms with Crippen molar-refractivity contribution in [3.8, 4) is 11.4 Å². The molecule has 8 heteroatoms. The van der Waals surface area contributed by atoms with Crippen LogP contribution in [0.4, 0.5) is 13.2 Å². The molecule has 1 aliphatic carbocycles. The van der Waals surface area contributed by atoms with Crippen LogP contribution in [0.3, 0.4) is 0 Å². The van der Waals surface area contributed by atoms with Gasteiger partial charge in [-0.3, -0.25) is 14.3 Å². The SMILES string of the molecule is O=c1cc(COC2=CCC=C(C(F)(F)F)C=C2)ccn1-c1ccc(OCCN2CCCC2)cc1. The van der Waals surface area contributed by atoms with Crippen molar-refractivity contribution in [2.24, 2.45) is 0 Å². The number of alkyl halides is 3. The maximum Gasteiger partial charge on any atom is 0.416 e. The Morgan fingerprint density at radius 1 is 0.941 bits per heavy atom. The molecule has 180 valence electrons. The number of hydrogen-bond acceptors (Lipinski definition) is 4. The molecule has 0 unspecified atom stereocenters. The van der Waals surface area contributed by atoms with Crippen LogP contribution in [0, 0.1) is 0 Å². The first kappa shape index (κ1) is 23.9. The van der Waals surface area contributed by atoms with E-state index in [1.165, 1.54) is 29.6 Å². The molecule has 5 nitrogen and oxygen atoms in total. The summed E-state index contributed by atoms with van der Waals surface area (Å²) in [6.07, 6.45) is 4.87. The van der Waals surface area contributed by atoms with E-state index in [1.807, 2.05) is 24.3 Å². The Hall–Kier alpha value is -3.26. The van der Waals surface area contributed by atoms with Crippen LogP contribution in [0.5, 0.6) is 5.75 Å². The predicted octanol–water partition coefficient (Wildman–Crippen LogP) is 5.16. The molecular weight excluding hydrogens is 445 g/mol. The first-order valence-corrected chi connectivity index (χ1v) is 11.3. The number of hydrogen-bond donors (Lipinski definition) is 0. The number of aromatic nitrogens is 1. The summed E-state index contributed by atoms with van der Waals surface area (Å²) in [5.74, 6) is 1.09. The second-order valence-corrected chi connectivity index (χ2v) is 8.26. The van der Waals surface area contributed by atoms with Gasteiger partial charge in [0.2, 0.25) is 0 Å². The molecule has 1 fully saturated rings. The van der Waals surface area contributed by atoms with Crippen LogP contribution >= 0.6 is 0 Å². The first-order valence-electron chi connectivity index (χ1n) is 11.3. The lowest BCUT2D eigenvalue weighted by molar-refractivity contribution is -0.0883. The van der Waals surface area contributed by atoms with Gasteiger partial charge in [0, 0.05) is 24.5 Å². The fourth-order valence-electron chi connectivity index (χ4n) is 3.92. The zero-order valence-corrected chi connectivity index (χ0v) is 18.8. The van der Waals surface area contributed by atoms with Crippen LogP contribution in [-0.2, 0) is 11.3 Å². The van der Waals surface area contributed by atoms with Gasteiger partial charge in [-0.05, 0) is 86.5 Å². The Morgan fingerprint density at radius 3 is 2.41 bits per heavy atom. The van der Waals surface area contributed by atoms with Crippen molar-refractivity contribution in [1.82, 2.24) is 9.47 Å². The molecule has 1 saturated heterocycles. The van der Waals surface area contributed by atoms with Gasteiger partial charge in [-0.1, -0.05) is 6.08 Å². The standard InChI is InChI=1S/C26H27F3N2O3/c27-26(28,29)21-4-3-5-23(9-6-21)34-19-20-12-15-31(25(32)18-20)22-7-10-24(11-8-22)33-17-16-30-13-1-2-14-30/h4-12,15,18H,1-3,13-14,16-17,19H2. The minimum absolute atomic E-state index is 0.0808. The lowest BCUT2D eigenvalue weighted by Crippen LogP contribution is -2.25. The summed E-state index contributed by atoms with van der Waals surface area (Å²) in [7, 11) is 0. The van der Waals surface area contributed by atoms with Crippen LogP contribution in [0.1, 0.15) is 24.8 Å². The Morgan fingerprint density at radius 2 is 1.71 bits per heavy atom. The molecule has 2 aromatic rings. The lowest BCUT2D eigenvalue weighted by Gasteiger charge is -2.15. The molecular formula is C26H27F3N2O3. The van der Waals surface area contributed by atoms with Gasteiger partial charge in [-0.2, -0.15) is 13.2 Å². The van der Waals surface area contributed by atoms with Gasteiger partial charge in [0.05, 0.1) is 5.57 Å². The van der Waals surface area contributed by atoms with Gasteiger partial charge in [-0.25, -0.2) is 0 Å². The molecule has 1 aromatic carbocycles. The maximum atomic E-state index is 12.8. The molecule has 1 aromatic heterocycles. The average Bonchev–Trinajstić information content (AvgIpc) is 3.20. The monoisotopic (exact) mass is 472 g/mol. The summed E-state index contributed by atoms with van der Waals surface area (Å²) in [5.41, 5.74) is 0.415. The van der Waals surface area contributed by atoms with Crippen molar-refractivity contribution >= 4 is 0 Å². The number of halogens is 3. The van der Waals surface area contributed by atoms with Crippen molar-refractivity contribution in [3.05, 3.63) is 94.1 Å². The van der Waals surface area contributed by atoms with Crippen molar-refractivity contribution in [3.63, 3.8) is 0 Å². The fraction of sp³-hybridized carbons (Fsp3) is 0.346. The summed E-state index contributed by atoms with van der Waals surface area (Å²) >= 11 is 0. The van der Waals surface area contributed by atoms with Crippen molar-refractivity contribution in [2.75, 3.05) is 26.2 Å². The smallest absolute Gasteiger partial charge is 0.416 e. The van der Waals surface area contributed by atoms with E-state index >= 15 is 0 Å². The zero-order valence-electron chi connectivity index (χ0n) is 18.8. The number of nitrogens with zero attached hydrogens (tertiary/aromatic N) is 2. The van der Waals surface area contributed by atoms with Gasteiger partial charge in [0.1, 0.15) is 24.7 Å². The molecule has 2 aliphatic rings. The molecule has 34 heavy (non-hydrogen) atoms. The number of benzene rings is 1. The fourth-order valence-corrected chi connectivity index (χ4v) is 3.92. The quantitative estimate of drug-likeness (QED) is 0.532. The molecule has 0 N–H and O–H groups in total. The third-order valence-electron chi connectivity index (χ3n) is 5.79. The molecule has 0 radical (unpaired) electrons. The molecule has 2 heterocycles. The van der Waals surface area contributed by atoms with Crippen LogP contribution < -0.4 is 10.3 Å². The highest BCUT2D eigenvalue weighted by molar-refractivity contribution is 5.38. The van der Waals surface area contributed by atoms with Crippen molar-refractivity contribution < 1.29 is 22.6 Å². The number of pyridine rings is 1. The minimum Gasteiger partial charge on any atom is -0.492 e. The number of ether oxygens (including phenoxy) is 2. The Labute approximate surface area is 196 Å². The van der Waals surface area contributed by atoms with E-state index in [-0.39, 0.29) is 18.6 Å². The lowest BCUT2D eigenvalue weighted by atomic mass is 10.2. The van der Waals surface area contributed by atoms with E-state index in [0.29, 0.717) is 23.6 Å². The van der Waals surface area contributed by atoms with Crippen LogP contribution in [0.25, 0.3) is 5.69 Å². The summed E-state index contributed by atoms with van der Waals surface area (Å²) in [6.45, 7) is 3.90. The highest BCUT2D eigenvalue weighted by atomic mass is 19.4. The number of allylic oxidation sites excluding steroid dienone is 5. The van der Waals surface area contributed by atoms with Gasteiger partial charge in [-0.15, -0.1) is 0 Å². The van der Waals surface area contributed by atoms with Gasteiger partial charge in [0.15, 0.2) is 0 Å². The topological polar surface area (TPSA) is 43.7 Å². The highest BCUT2D eigenvalue weighted by Crippen LogP contribution is 2.29. The average molecular weight is 473 g/mol. The molecule has 0 saturated carbocycles. The largest absolute Gasteiger partial charge is 0.492 e. The third-order valence-corrected chi connectivity index (χ3v) is 5.79. The van der Waals surface area contributed by atoms with Gasteiger partial charge < -0.3 is 9.47 Å². The van der Waals surface area contributed by atoms with Gasteiger partial charge in [0.25, 0.3) is 5.56 Å². The normalized spacial score (nSPS) is 16.7. The Kier molecular flexibility index (Phi) is 7.57. The summed E-state index contributed by atoms with van der Waals surface area (Å²) in [4.78, 5) is 15.0. The van der Waals surface area contributed by atoms with Crippen LogP contribution in [0.2, 0.25) is 0 Å². The second-order valence-electron chi connectivity index (χ2n) is 8.26. The first-order chi connectivity index (χ1) is 16.4. The van der Waals surface area contributed by atoms with E-state index in [1.54, 1.807) is 18.3 Å². The molecule has 0 spiro atoms. The van der Waals surface area contributed by atoms with Crippen LogP contribution in [0.15, 0.2) is 83.0 Å². The number of likely N-dealkylation sites (tertiary alicyclic amines) is 1. The Balaban J connectivity index is 1.31. The third kappa shape index (κ3) is 6.41. The molecule has 0 bridgehead atoms. The van der Waals surface area contributed by atoms with E-state index in [2.05, 4.69) is 4.90 Å². The second kappa shape index (κ2) is 10.8. The molecule has 0 atom stereocenters. The minimum atomic E-state index is -4.39. The summed E-state index contributed by atoms with van der Waals surface area (Å²) < 4.78 is 51.4. The van der Waals surface area contributed by atoms with E-state index < -0.39 is 11.7 Å². The maximum absolute atomic E-state index is 12.8. The molecule has 4 rings (SSSR count).